The Morgan fingerprint density at radius 3 is 2.13 bits per heavy atom. The highest BCUT2D eigenvalue weighted by Gasteiger charge is 2.53. The van der Waals surface area contributed by atoms with Crippen molar-refractivity contribution in [2.24, 2.45) is 24.8 Å². The predicted molar refractivity (Wildman–Crippen MR) is 210 cm³/mol. The molecule has 2 aromatic heterocycles. The summed E-state index contributed by atoms with van der Waals surface area (Å²) in [5.41, 5.74) is 4.43. The first-order valence-corrected chi connectivity index (χ1v) is 19.1. The van der Waals surface area contributed by atoms with E-state index in [2.05, 4.69) is 25.5 Å². The molecule has 0 atom stereocenters. The maximum absolute atomic E-state index is 14.0. The van der Waals surface area contributed by atoms with E-state index in [1.165, 1.54) is 32.1 Å². The highest BCUT2D eigenvalue weighted by atomic mass is 35.5. The van der Waals surface area contributed by atoms with Gasteiger partial charge in [-0.15, -0.1) is 0 Å². The molecular weight excluding hydrogens is 720 g/mol. The number of carbonyl (C=O) groups is 3. The summed E-state index contributed by atoms with van der Waals surface area (Å²) in [7, 11) is 1.78. The lowest BCUT2D eigenvalue weighted by atomic mass is 9.80. The maximum Gasteiger partial charge on any atom is 0.407 e. The van der Waals surface area contributed by atoms with Gasteiger partial charge in [0, 0.05) is 84.4 Å². The van der Waals surface area contributed by atoms with Crippen molar-refractivity contribution < 1.29 is 32.5 Å². The molecular formula is C41H49ClN8O5. The number of benzene rings is 2. The fourth-order valence-corrected chi connectivity index (χ4v) is 9.70. The largest absolute Gasteiger partial charge is 0.465 e. The Morgan fingerprint density at radius 2 is 1.47 bits per heavy atom. The number of fused-ring (bicyclic) bond motifs is 4. The quantitative estimate of drug-likeness (QED) is 0.162. The average molecular weight is 775 g/mol. The van der Waals surface area contributed by atoms with Gasteiger partial charge in [-0.2, -0.15) is 0 Å². The third-order valence-electron chi connectivity index (χ3n) is 12.4. The lowest BCUT2D eigenvalue weighted by molar-refractivity contribution is 0.0860. The van der Waals surface area contributed by atoms with Gasteiger partial charge >= 0.3 is 6.09 Å². The molecule has 4 heterocycles. The van der Waals surface area contributed by atoms with E-state index in [9.17, 15) is 19.5 Å². The smallest absolute Gasteiger partial charge is 0.407 e. The van der Waals surface area contributed by atoms with E-state index in [4.69, 9.17) is 24.6 Å². The summed E-state index contributed by atoms with van der Waals surface area (Å²) in [6.45, 7) is -0.945. The number of amides is 3. The van der Waals surface area contributed by atoms with Crippen LogP contribution < -0.4 is 10.6 Å². The number of hydrogen-bond donors (Lipinski definition) is 3. The molecule has 13 nitrogen and oxygen atoms in total. The fourth-order valence-electron chi connectivity index (χ4n) is 9.43. The van der Waals surface area contributed by atoms with Gasteiger partial charge in [0.05, 0.1) is 35.2 Å². The molecule has 8 rings (SSSR count). The van der Waals surface area contributed by atoms with E-state index in [0.717, 1.165) is 33.6 Å². The van der Waals surface area contributed by atoms with Crippen LogP contribution in [-0.4, -0.2) is 85.3 Å². The summed E-state index contributed by atoms with van der Waals surface area (Å²) < 4.78 is 57.0. The summed E-state index contributed by atoms with van der Waals surface area (Å²) >= 11 is 6.98. The van der Waals surface area contributed by atoms with Crippen molar-refractivity contribution in [3.8, 4) is 11.1 Å². The number of hydrogen-bond acceptors (Lipinski definition) is 7. The van der Waals surface area contributed by atoms with E-state index >= 15 is 0 Å². The minimum atomic E-state index is -2.75. The van der Waals surface area contributed by atoms with Crippen molar-refractivity contribution in [1.29, 1.82) is 0 Å². The van der Waals surface area contributed by atoms with E-state index in [1.807, 2.05) is 0 Å². The van der Waals surface area contributed by atoms with Crippen LogP contribution in [0.3, 0.4) is 0 Å². The van der Waals surface area contributed by atoms with E-state index in [0.29, 0.717) is 64.1 Å². The summed E-state index contributed by atoms with van der Waals surface area (Å²) in [5.74, 6) is -2.12. The van der Waals surface area contributed by atoms with Gasteiger partial charge in [-0.05, 0) is 86.1 Å². The number of methoxy groups -OCH3 is 1. The summed E-state index contributed by atoms with van der Waals surface area (Å²) in [4.78, 5) is 51.7. The molecule has 2 fully saturated rings. The van der Waals surface area contributed by atoms with Crippen LogP contribution in [0.1, 0.15) is 96.3 Å². The topological polar surface area (TPSA) is 147 Å². The Balaban J connectivity index is 1.00. The van der Waals surface area contributed by atoms with Gasteiger partial charge < -0.3 is 34.5 Å². The van der Waals surface area contributed by atoms with E-state index in [-0.39, 0.29) is 53.3 Å². The van der Waals surface area contributed by atoms with Crippen LogP contribution in [0.4, 0.5) is 16.2 Å². The second kappa shape index (κ2) is 14.4. The Bertz CT molecular complexity index is 2400. The van der Waals surface area contributed by atoms with Crippen LogP contribution in [-0.2, 0) is 44.6 Å². The highest BCUT2D eigenvalue weighted by Crippen LogP contribution is 2.63. The first kappa shape index (κ1) is 30.5. The molecule has 4 aromatic rings. The first-order chi connectivity index (χ1) is 28.8. The van der Waals surface area contributed by atoms with Crippen molar-refractivity contribution >= 4 is 40.9 Å². The van der Waals surface area contributed by atoms with E-state index in [1.54, 1.807) is 50.4 Å². The molecule has 2 aliphatic heterocycles. The zero-order valence-corrected chi connectivity index (χ0v) is 31.8. The predicted octanol–water partition coefficient (Wildman–Crippen LogP) is 6.67. The first-order valence-electron chi connectivity index (χ1n) is 21.7. The molecule has 2 aliphatic carbocycles. The molecule has 55 heavy (non-hydrogen) atoms. The molecule has 3 amide bonds. The van der Waals surface area contributed by atoms with Gasteiger partial charge in [0.15, 0.2) is 11.6 Å². The number of anilines is 2. The molecule has 3 N–H and O–H groups in total. The van der Waals surface area contributed by atoms with Crippen LogP contribution >= 0.6 is 11.6 Å². The number of nitrogens with one attached hydrogen (secondary N) is 2. The Morgan fingerprint density at radius 1 is 0.873 bits per heavy atom. The van der Waals surface area contributed by atoms with Crippen molar-refractivity contribution in [3.05, 3.63) is 81.4 Å². The summed E-state index contributed by atoms with van der Waals surface area (Å²) in [5, 5.41) is 15.2. The van der Waals surface area contributed by atoms with Crippen LogP contribution in [0.5, 0.6) is 0 Å². The second-order valence-electron chi connectivity index (χ2n) is 15.7. The maximum atomic E-state index is 14.0. The van der Waals surface area contributed by atoms with Crippen molar-refractivity contribution in [2.75, 3.05) is 44.0 Å². The van der Waals surface area contributed by atoms with Crippen molar-refractivity contribution in [2.45, 2.75) is 71.4 Å². The molecule has 2 saturated carbocycles. The number of carbonyl (C=O) groups excluding carboxylic acids is 2. The second-order valence-corrected chi connectivity index (χ2v) is 16.1. The Hall–Kier alpha value is -4.72. The molecule has 0 radical (unpaired) electrons. The van der Waals surface area contributed by atoms with Gasteiger partial charge in [0.25, 0.3) is 11.8 Å². The van der Waals surface area contributed by atoms with Gasteiger partial charge in [-0.1, -0.05) is 35.9 Å². The fraction of sp³-hybridized carbons (Fsp3) is 0.488. The molecule has 0 saturated heterocycles. The normalized spacial score (nSPS) is 23.8. The zero-order valence-electron chi connectivity index (χ0n) is 37.0. The van der Waals surface area contributed by atoms with Gasteiger partial charge in [-0.25, -0.2) is 14.8 Å². The minimum absolute atomic E-state index is 0.0631. The highest BCUT2D eigenvalue weighted by molar-refractivity contribution is 6.36. The van der Waals surface area contributed by atoms with Crippen LogP contribution in [0.25, 0.3) is 11.1 Å². The number of halogens is 1. The third kappa shape index (κ3) is 6.80. The Labute approximate surface area is 334 Å². The molecule has 4 aliphatic rings. The molecule has 14 heteroatoms. The van der Waals surface area contributed by atoms with Crippen LogP contribution in [0.15, 0.2) is 36.4 Å². The molecule has 0 spiro atoms. The zero-order chi connectivity index (χ0) is 43.6. The van der Waals surface area contributed by atoms with Gasteiger partial charge in [-0.3, -0.25) is 14.5 Å². The number of imidazole rings is 2. The molecule has 2 bridgehead atoms. The van der Waals surface area contributed by atoms with E-state index < -0.39 is 31.9 Å². The number of aromatic nitrogens is 4. The SMILES string of the molecule is [2H]C([2H])([2H])n1c(C(=O)Nc2cccc(-c3cccc(NC(=O)c4nc5c(n4C([2H])([2H])[2H])CCN(CCC46CCC(COC)(CC4)C6)C5)c3Cl)c2C)nc2c1CCN(C(=O)O)C2. The minimum Gasteiger partial charge on any atom is -0.465 e. The van der Waals surface area contributed by atoms with Crippen molar-refractivity contribution in [3.63, 3.8) is 0 Å². The molecule has 2 aromatic carbocycles. The number of nitrogens with zero attached hydrogens (tertiary/aromatic N) is 6. The van der Waals surface area contributed by atoms with Crippen LogP contribution in [0.2, 0.25) is 5.02 Å². The number of carboxylic acid groups (broad SMARTS) is 1. The Kier molecular flexibility index (Phi) is 7.99. The monoisotopic (exact) mass is 774 g/mol. The number of ether oxygens (including phenoxy) is 1. The third-order valence-corrected chi connectivity index (χ3v) is 12.8. The summed E-state index contributed by atoms with van der Waals surface area (Å²) in [6.07, 6.45) is 6.43. The number of rotatable bonds is 10. The molecule has 0 unspecified atom stereocenters. The van der Waals surface area contributed by atoms with Gasteiger partial charge in [0.2, 0.25) is 0 Å². The standard InChI is InChI=1S/C41H49ClN8O5/c1-25-26(7-5-9-28(25)45-37(51)35-44-31-22-50(39(53)54)19-12-33(31)48(35)3)27-8-6-10-29(34(27)42)46-38(52)36-43-30-21-49(18-11-32(30)47(36)2)20-17-40-13-15-41(23-40,16-14-40)24-55-4/h5-10H,11-24H2,1-4H3,(H,45,51)(H,46,52)(H,53,54)/i2D3,3D3. The van der Waals surface area contributed by atoms with Crippen molar-refractivity contribution in [1.82, 2.24) is 28.9 Å². The van der Waals surface area contributed by atoms with Gasteiger partial charge in [0.1, 0.15) is 0 Å². The lowest BCUT2D eigenvalue weighted by Crippen LogP contribution is -2.35. The van der Waals surface area contributed by atoms with Crippen LogP contribution in [0, 0.1) is 17.8 Å². The summed E-state index contributed by atoms with van der Waals surface area (Å²) in [6, 6.07) is 10.1. The lowest BCUT2D eigenvalue weighted by Gasteiger charge is -2.32. The average Bonchev–Trinajstić information content (AvgIpc) is 3.97. The molecule has 290 valence electrons.